The highest BCUT2D eigenvalue weighted by atomic mass is 16.7. The predicted octanol–water partition coefficient (Wildman–Crippen LogP) is 2.29. The number of rotatable bonds is 10. The van der Waals surface area contributed by atoms with Gasteiger partial charge in [-0.25, -0.2) is 0 Å². The molecule has 3 aliphatic heterocycles. The average molecular weight is 1110 g/mol. The molecule has 0 spiro atoms. The van der Waals surface area contributed by atoms with Gasteiger partial charge >= 0.3 is 11.9 Å². The first-order chi connectivity index (χ1) is 37.3. The number of carbonyl (C=O) groups is 4. The lowest BCUT2D eigenvalue weighted by Gasteiger charge is -2.45. The molecule has 15 N–H and O–H groups in total. The summed E-state index contributed by atoms with van der Waals surface area (Å²) >= 11 is 0. The highest BCUT2D eigenvalue weighted by Crippen LogP contribution is 2.38. The number of nitrogen functional groups attached to an aromatic ring is 1. The van der Waals surface area contributed by atoms with Crippen LogP contribution in [0.15, 0.2) is 109 Å². The minimum atomic E-state index is -2.34. The van der Waals surface area contributed by atoms with Gasteiger partial charge in [0, 0.05) is 55.7 Å². The van der Waals surface area contributed by atoms with Crippen molar-refractivity contribution in [2.75, 3.05) is 5.73 Å². The van der Waals surface area contributed by atoms with Gasteiger partial charge in [-0.15, -0.1) is 0 Å². The van der Waals surface area contributed by atoms with Crippen molar-refractivity contribution >= 4 is 29.2 Å². The van der Waals surface area contributed by atoms with Crippen molar-refractivity contribution in [3.8, 4) is 0 Å². The summed E-state index contributed by atoms with van der Waals surface area (Å²) in [6, 6.07) is 5.21. The highest BCUT2D eigenvalue weighted by Gasteiger charge is 2.51. The molecule has 2 bridgehead atoms. The van der Waals surface area contributed by atoms with Crippen molar-refractivity contribution in [3.63, 3.8) is 0 Å². The van der Waals surface area contributed by atoms with Crippen LogP contribution in [0, 0.1) is 17.8 Å². The van der Waals surface area contributed by atoms with Crippen LogP contribution < -0.4 is 11.5 Å². The predicted molar refractivity (Wildman–Crippen MR) is 290 cm³/mol. The van der Waals surface area contributed by atoms with Crippen LogP contribution in [0.5, 0.6) is 0 Å². The number of cyclic esters (lactones) is 1. The highest BCUT2D eigenvalue weighted by molar-refractivity contribution is 5.96. The summed E-state index contributed by atoms with van der Waals surface area (Å²) < 4.78 is 23.7. The Morgan fingerprint density at radius 1 is 0.709 bits per heavy atom. The van der Waals surface area contributed by atoms with Crippen molar-refractivity contribution in [3.05, 3.63) is 115 Å². The topological polar surface area (TPSA) is 380 Å². The molecule has 21 heteroatoms. The average Bonchev–Trinajstić information content (AvgIpc) is 3.35. The largest absolute Gasteiger partial charge is 0.481 e. The third kappa shape index (κ3) is 23.1. The Morgan fingerprint density at radius 2 is 1.25 bits per heavy atom. The van der Waals surface area contributed by atoms with Crippen LogP contribution in [0.3, 0.4) is 0 Å². The van der Waals surface area contributed by atoms with Gasteiger partial charge in [0.1, 0.15) is 23.9 Å². The zero-order chi connectivity index (χ0) is 58.4. The van der Waals surface area contributed by atoms with E-state index >= 15 is 0 Å². The molecule has 79 heavy (non-hydrogen) atoms. The fourth-order valence-electron chi connectivity index (χ4n) is 9.90. The molecule has 4 rings (SSSR count). The third-order valence-electron chi connectivity index (χ3n) is 14.1. The summed E-state index contributed by atoms with van der Waals surface area (Å²) in [6.45, 7) is 5.20. The van der Waals surface area contributed by atoms with E-state index in [9.17, 15) is 75.3 Å². The van der Waals surface area contributed by atoms with Gasteiger partial charge in [-0.2, -0.15) is 0 Å². The molecule has 19 atom stereocenters. The second-order valence-corrected chi connectivity index (χ2v) is 21.2. The summed E-state index contributed by atoms with van der Waals surface area (Å²) in [4.78, 5) is 51.6. The van der Waals surface area contributed by atoms with E-state index in [0.29, 0.717) is 17.7 Å². The first-order valence-electron chi connectivity index (χ1n) is 26.9. The number of ketones is 2. The van der Waals surface area contributed by atoms with Crippen LogP contribution in [-0.4, -0.2) is 177 Å². The van der Waals surface area contributed by atoms with Gasteiger partial charge < -0.3 is 86.6 Å². The lowest BCUT2D eigenvalue weighted by atomic mass is 9.82. The first-order valence-corrected chi connectivity index (χ1v) is 26.9. The number of fused-ring (bicyclic) bond motifs is 2. The van der Waals surface area contributed by atoms with Crippen molar-refractivity contribution in [1.82, 2.24) is 0 Å². The number of Topliss-reactive ketones (excluding diaryl/α,β-unsaturated/α-hetero) is 2. The molecule has 3 aliphatic rings. The lowest BCUT2D eigenvalue weighted by molar-refractivity contribution is -0.308. The molecule has 19 unspecified atom stereocenters. The normalized spacial score (nSPS) is 38.4. The molecule has 0 amide bonds. The van der Waals surface area contributed by atoms with Crippen LogP contribution in [0.2, 0.25) is 0 Å². The molecule has 0 saturated carbocycles. The third-order valence-corrected chi connectivity index (χ3v) is 14.1. The number of allylic oxidation sites excluding steroid dienone is 12. The molecule has 3 heterocycles. The number of carboxylic acid groups (broad SMARTS) is 1. The number of hydrogen-bond donors (Lipinski definition) is 13. The number of benzene rings is 1. The maximum absolute atomic E-state index is 13.3. The van der Waals surface area contributed by atoms with E-state index in [4.69, 9.17) is 30.4 Å². The Hall–Kier alpha value is -5.08. The minimum Gasteiger partial charge on any atom is -0.481 e. The number of aliphatic carboxylic acids is 1. The summed E-state index contributed by atoms with van der Waals surface area (Å²) in [7, 11) is 0. The van der Waals surface area contributed by atoms with Gasteiger partial charge in [-0.1, -0.05) is 98.9 Å². The number of carbonyl (C=O) groups excluding carboxylic acids is 3. The fourth-order valence-corrected chi connectivity index (χ4v) is 9.90. The number of esters is 1. The van der Waals surface area contributed by atoms with E-state index in [0.717, 1.165) is 0 Å². The molecule has 1 aromatic carbocycles. The van der Waals surface area contributed by atoms with Crippen molar-refractivity contribution in [1.29, 1.82) is 0 Å². The summed E-state index contributed by atoms with van der Waals surface area (Å²) in [6.07, 6.45) is 1.70. The van der Waals surface area contributed by atoms with Crippen LogP contribution in [-0.2, 0) is 33.3 Å². The zero-order valence-electron chi connectivity index (χ0n) is 45.1. The number of nitrogens with two attached hydrogens (primary N) is 2. The van der Waals surface area contributed by atoms with Crippen molar-refractivity contribution < 1.29 is 94.3 Å². The Balaban J connectivity index is 1.54. The number of ether oxygens (including phenoxy) is 4. The van der Waals surface area contributed by atoms with Gasteiger partial charge in [-0.05, 0) is 69.2 Å². The van der Waals surface area contributed by atoms with E-state index in [2.05, 4.69) is 0 Å². The quantitative estimate of drug-likeness (QED) is 0.0908. The van der Waals surface area contributed by atoms with Gasteiger partial charge in [0.15, 0.2) is 17.9 Å². The number of hydrogen-bond acceptors (Lipinski definition) is 20. The van der Waals surface area contributed by atoms with Crippen LogP contribution >= 0.6 is 0 Å². The van der Waals surface area contributed by atoms with Crippen LogP contribution in [0.1, 0.15) is 108 Å². The molecule has 1 aromatic rings. The van der Waals surface area contributed by atoms with Crippen molar-refractivity contribution in [2.45, 2.75) is 195 Å². The smallest absolute Gasteiger partial charge is 0.311 e. The Labute approximate surface area is 461 Å². The second kappa shape index (κ2) is 33.0. The first kappa shape index (κ1) is 66.4. The Morgan fingerprint density at radius 3 is 1.85 bits per heavy atom. The maximum Gasteiger partial charge on any atom is 0.311 e. The van der Waals surface area contributed by atoms with Crippen LogP contribution in [0.4, 0.5) is 5.69 Å². The van der Waals surface area contributed by atoms with Gasteiger partial charge in [0.25, 0.3) is 0 Å². The molecule has 0 aromatic heterocycles. The van der Waals surface area contributed by atoms with E-state index in [-0.39, 0.29) is 36.9 Å². The number of aliphatic hydroxyl groups excluding tert-OH is 9. The lowest BCUT2D eigenvalue weighted by Crippen LogP contribution is -2.61. The van der Waals surface area contributed by atoms with Crippen molar-refractivity contribution in [2.24, 2.45) is 23.5 Å². The van der Waals surface area contributed by atoms with E-state index < -0.39 is 172 Å². The standard InChI is InChI=1S/C58H84N2O19/c1-34-16-14-12-10-8-6-4-5-7-9-11-13-15-17-46(77-57-54(72)52(60)53(71)36(3)76-57)31-49-51(56(73)74)48(69)33-58(75,79-49)32-45(67)28-43(65)26-41(63)24-40(62)25-42(64)27-44(66)30-50(70)78-55(34)35(2)18-23-39(61)29-47(68)37-19-21-38(59)22-20-37/h4-17,19-22,34-36,39-41,43-46,48-49,51-55,57,61-63,65-67,69,71-72,75H,18,23-33,59-60H2,1-3H3,(H,73,74)/b5-4+,8-6+,9-7+,12-10-,13-11+,16-14-,17-15+. The molecule has 0 aliphatic carbocycles. The van der Waals surface area contributed by atoms with E-state index in [1.165, 1.54) is 13.0 Å². The molecule has 2 fully saturated rings. The zero-order valence-corrected chi connectivity index (χ0v) is 45.1. The van der Waals surface area contributed by atoms with Gasteiger partial charge in [0.2, 0.25) is 0 Å². The van der Waals surface area contributed by atoms with Crippen LogP contribution in [0.25, 0.3) is 0 Å². The molecule has 440 valence electrons. The van der Waals surface area contributed by atoms with Gasteiger partial charge in [0.05, 0.1) is 79.6 Å². The molecule has 0 radical (unpaired) electrons. The summed E-state index contributed by atoms with van der Waals surface area (Å²) in [5.41, 5.74) is 12.7. The minimum absolute atomic E-state index is 0.128. The monoisotopic (exact) mass is 1110 g/mol. The second-order valence-electron chi connectivity index (χ2n) is 21.2. The van der Waals surface area contributed by atoms with E-state index in [1.54, 1.807) is 97.2 Å². The Bertz CT molecular complexity index is 2280. The number of anilines is 1. The number of aliphatic hydroxyl groups is 10. The van der Waals surface area contributed by atoms with Gasteiger partial charge in [-0.3, -0.25) is 19.2 Å². The molecule has 2 saturated heterocycles. The maximum atomic E-state index is 13.3. The van der Waals surface area contributed by atoms with E-state index in [1.807, 2.05) is 19.9 Å². The number of carboxylic acids is 1. The molecular formula is C58H84N2O19. The molecular weight excluding hydrogens is 1030 g/mol. The summed E-state index contributed by atoms with van der Waals surface area (Å²) in [5.74, 6) is -7.81. The molecule has 21 nitrogen and oxygen atoms in total. The SMILES string of the molecule is CC1\C=C/C=C\C=C\C=C\C=C\C=C\C=C\C(OC2OC(C)C(O)C(N)C2O)CC2OC(O)(CC(O)CC(O)CC(O)CC(O)CC(=O)CC(O)CC(=O)OC1C(C)CCC(O)CC(=O)c1ccc(N)cc1)CC(O)C2C(=O)O. The Kier molecular flexibility index (Phi) is 27.7. The summed E-state index contributed by atoms with van der Waals surface area (Å²) in [5, 5.41) is 119. The fraction of sp³-hybridized carbons (Fsp3) is 0.586.